The van der Waals surface area contributed by atoms with Crippen LogP contribution in [0.1, 0.15) is 32.6 Å². The third-order valence-corrected chi connectivity index (χ3v) is 5.95. The average molecular weight is 472 g/mol. The first kappa shape index (κ1) is 24.1. The van der Waals surface area contributed by atoms with E-state index in [1.807, 2.05) is 68.7 Å². The second-order valence-corrected chi connectivity index (χ2v) is 8.81. The molecule has 35 heavy (non-hydrogen) atoms. The zero-order valence-corrected chi connectivity index (χ0v) is 20.0. The molecule has 0 saturated heterocycles. The van der Waals surface area contributed by atoms with Crippen LogP contribution < -0.4 is 9.47 Å². The van der Waals surface area contributed by atoms with Gasteiger partial charge in [-0.3, -0.25) is 4.79 Å². The normalized spacial score (nSPS) is 12.7. The molecular formula is C28H29N3O4. The Morgan fingerprint density at radius 2 is 1.89 bits per heavy atom. The van der Waals surface area contributed by atoms with E-state index in [2.05, 4.69) is 4.90 Å². The maximum atomic E-state index is 13.5. The summed E-state index contributed by atoms with van der Waals surface area (Å²) in [7, 11) is 4.01. The van der Waals surface area contributed by atoms with Crippen LogP contribution in [0.5, 0.6) is 17.2 Å². The second kappa shape index (κ2) is 10.9. The van der Waals surface area contributed by atoms with Crippen LogP contribution in [0.2, 0.25) is 0 Å². The Bertz CT molecular complexity index is 1230. The van der Waals surface area contributed by atoms with Gasteiger partial charge in [-0.1, -0.05) is 36.4 Å². The third kappa shape index (κ3) is 5.92. The number of ether oxygens (including phenoxy) is 2. The SMILES string of the molecule is CN(C)CCOc1ccc2c(c1)CCN(C(=O)c1c(O)cc(C#N)cc1OCc1ccccc1)C2. The van der Waals surface area contributed by atoms with E-state index in [-0.39, 0.29) is 35.1 Å². The quantitative estimate of drug-likeness (QED) is 0.535. The molecule has 0 radical (unpaired) electrons. The van der Waals surface area contributed by atoms with Gasteiger partial charge in [0.2, 0.25) is 0 Å². The smallest absolute Gasteiger partial charge is 0.261 e. The van der Waals surface area contributed by atoms with Crippen molar-refractivity contribution in [3.63, 3.8) is 0 Å². The van der Waals surface area contributed by atoms with Crippen molar-refractivity contribution in [2.75, 3.05) is 33.8 Å². The van der Waals surface area contributed by atoms with Crippen molar-refractivity contribution in [2.24, 2.45) is 0 Å². The molecule has 3 aromatic rings. The maximum Gasteiger partial charge on any atom is 0.261 e. The number of amides is 1. The summed E-state index contributed by atoms with van der Waals surface area (Å²) in [6, 6.07) is 20.3. The molecule has 0 fully saturated rings. The molecule has 0 unspecified atom stereocenters. The van der Waals surface area contributed by atoms with E-state index in [1.165, 1.54) is 12.1 Å². The topological polar surface area (TPSA) is 86.0 Å². The number of hydrogen-bond donors (Lipinski definition) is 1. The summed E-state index contributed by atoms with van der Waals surface area (Å²) in [5.41, 5.74) is 3.42. The van der Waals surface area contributed by atoms with Gasteiger partial charge in [-0.15, -0.1) is 0 Å². The number of phenolic OH excluding ortho intramolecular Hbond substituents is 1. The lowest BCUT2D eigenvalue weighted by Crippen LogP contribution is -2.36. The summed E-state index contributed by atoms with van der Waals surface area (Å²) in [4.78, 5) is 17.3. The van der Waals surface area contributed by atoms with Crippen molar-refractivity contribution in [1.29, 1.82) is 5.26 Å². The lowest BCUT2D eigenvalue weighted by atomic mass is 9.98. The van der Waals surface area contributed by atoms with Gasteiger partial charge in [-0.25, -0.2) is 0 Å². The van der Waals surface area contributed by atoms with Crippen LogP contribution >= 0.6 is 0 Å². The van der Waals surface area contributed by atoms with Gasteiger partial charge >= 0.3 is 0 Å². The number of carbonyl (C=O) groups excluding carboxylic acids is 1. The highest BCUT2D eigenvalue weighted by molar-refractivity contribution is 6.00. The largest absolute Gasteiger partial charge is 0.507 e. The molecule has 7 nitrogen and oxygen atoms in total. The predicted octanol–water partition coefficient (Wildman–Crippen LogP) is 3.98. The molecular weight excluding hydrogens is 442 g/mol. The molecule has 0 spiro atoms. The first-order valence-corrected chi connectivity index (χ1v) is 11.6. The number of hydrogen-bond acceptors (Lipinski definition) is 6. The fraction of sp³-hybridized carbons (Fsp3) is 0.286. The van der Waals surface area contributed by atoms with E-state index in [0.29, 0.717) is 26.1 Å². The van der Waals surface area contributed by atoms with E-state index in [4.69, 9.17) is 9.47 Å². The van der Waals surface area contributed by atoms with Gasteiger partial charge in [0.05, 0.1) is 11.6 Å². The molecule has 1 amide bonds. The van der Waals surface area contributed by atoms with Gasteiger partial charge in [0.1, 0.15) is 36.0 Å². The van der Waals surface area contributed by atoms with Crippen molar-refractivity contribution in [2.45, 2.75) is 19.6 Å². The second-order valence-electron chi connectivity index (χ2n) is 8.81. The molecule has 4 rings (SSSR count). The van der Waals surface area contributed by atoms with Gasteiger partial charge < -0.3 is 24.4 Å². The monoisotopic (exact) mass is 471 g/mol. The van der Waals surface area contributed by atoms with E-state index >= 15 is 0 Å². The van der Waals surface area contributed by atoms with Crippen molar-refractivity contribution >= 4 is 5.91 Å². The lowest BCUT2D eigenvalue weighted by Gasteiger charge is -2.30. The van der Waals surface area contributed by atoms with Crippen LogP contribution in [-0.2, 0) is 19.6 Å². The molecule has 1 N–H and O–H groups in total. The van der Waals surface area contributed by atoms with E-state index in [1.54, 1.807) is 4.90 Å². The average Bonchev–Trinajstić information content (AvgIpc) is 2.86. The first-order valence-electron chi connectivity index (χ1n) is 11.6. The van der Waals surface area contributed by atoms with Gasteiger partial charge in [0, 0.05) is 19.6 Å². The fourth-order valence-electron chi connectivity index (χ4n) is 4.03. The highest BCUT2D eigenvalue weighted by atomic mass is 16.5. The standard InChI is InChI=1S/C28H29N3O4/c1-30(2)12-13-34-24-9-8-23-18-31(11-10-22(23)16-24)28(33)27-25(32)14-21(17-29)15-26(27)35-19-20-6-4-3-5-7-20/h3-9,14-16,32H,10-13,18-19H2,1-2H3. The number of likely N-dealkylation sites (N-methyl/N-ethyl adjacent to an activating group) is 1. The Kier molecular flexibility index (Phi) is 7.54. The van der Waals surface area contributed by atoms with Crippen LogP contribution in [0, 0.1) is 11.3 Å². The van der Waals surface area contributed by atoms with Gasteiger partial charge in [-0.05, 0) is 61.5 Å². The summed E-state index contributed by atoms with van der Waals surface area (Å²) in [5, 5.41) is 20.0. The number of carbonyl (C=O) groups is 1. The van der Waals surface area contributed by atoms with Gasteiger partial charge in [0.15, 0.2) is 0 Å². The summed E-state index contributed by atoms with van der Waals surface area (Å²) < 4.78 is 11.8. The lowest BCUT2D eigenvalue weighted by molar-refractivity contribution is 0.0726. The molecule has 0 saturated carbocycles. The molecule has 1 heterocycles. The van der Waals surface area contributed by atoms with E-state index < -0.39 is 0 Å². The Morgan fingerprint density at radius 1 is 1.09 bits per heavy atom. The molecule has 0 aromatic heterocycles. The summed E-state index contributed by atoms with van der Waals surface area (Å²) in [5.74, 6) is 0.442. The highest BCUT2D eigenvalue weighted by Gasteiger charge is 2.27. The summed E-state index contributed by atoms with van der Waals surface area (Å²) in [6.45, 7) is 2.59. The highest BCUT2D eigenvalue weighted by Crippen LogP contribution is 2.33. The maximum absolute atomic E-state index is 13.5. The number of nitrogens with zero attached hydrogens (tertiary/aromatic N) is 3. The molecule has 7 heteroatoms. The Labute approximate surface area is 205 Å². The van der Waals surface area contributed by atoms with Crippen LogP contribution in [0.15, 0.2) is 60.7 Å². The minimum Gasteiger partial charge on any atom is -0.507 e. The van der Waals surface area contributed by atoms with E-state index in [0.717, 1.165) is 29.0 Å². The fourth-order valence-corrected chi connectivity index (χ4v) is 4.03. The molecule has 0 bridgehead atoms. The number of aromatic hydroxyl groups is 1. The molecule has 1 aliphatic heterocycles. The number of nitriles is 1. The Balaban J connectivity index is 1.52. The Morgan fingerprint density at radius 3 is 2.63 bits per heavy atom. The Hall–Kier alpha value is -4.02. The van der Waals surface area contributed by atoms with Crippen LogP contribution in [0.25, 0.3) is 0 Å². The molecule has 1 aliphatic rings. The van der Waals surface area contributed by atoms with Gasteiger partial charge in [-0.2, -0.15) is 5.26 Å². The zero-order valence-electron chi connectivity index (χ0n) is 20.0. The van der Waals surface area contributed by atoms with Gasteiger partial charge in [0.25, 0.3) is 5.91 Å². The van der Waals surface area contributed by atoms with Crippen molar-refractivity contribution in [1.82, 2.24) is 9.80 Å². The molecule has 3 aromatic carbocycles. The first-order chi connectivity index (χ1) is 16.9. The number of benzene rings is 3. The molecule has 0 aliphatic carbocycles. The minimum atomic E-state index is -0.327. The third-order valence-electron chi connectivity index (χ3n) is 5.95. The zero-order chi connectivity index (χ0) is 24.8. The van der Waals surface area contributed by atoms with Crippen LogP contribution in [-0.4, -0.2) is 54.6 Å². The van der Waals surface area contributed by atoms with Crippen molar-refractivity contribution in [3.8, 4) is 23.3 Å². The number of phenols is 1. The minimum absolute atomic E-state index is 0.0759. The number of rotatable bonds is 8. The van der Waals surface area contributed by atoms with Crippen molar-refractivity contribution < 1.29 is 19.4 Å². The van der Waals surface area contributed by atoms with E-state index in [9.17, 15) is 15.2 Å². The predicted molar refractivity (Wildman–Crippen MR) is 133 cm³/mol. The molecule has 0 atom stereocenters. The molecule has 180 valence electrons. The van der Waals surface area contributed by atoms with Crippen LogP contribution in [0.4, 0.5) is 0 Å². The van der Waals surface area contributed by atoms with Crippen molar-refractivity contribution in [3.05, 3.63) is 88.5 Å². The summed E-state index contributed by atoms with van der Waals surface area (Å²) >= 11 is 0. The van der Waals surface area contributed by atoms with Crippen LogP contribution in [0.3, 0.4) is 0 Å². The summed E-state index contributed by atoms with van der Waals surface area (Å²) in [6.07, 6.45) is 0.684. The number of fused-ring (bicyclic) bond motifs is 1.